The van der Waals surface area contributed by atoms with E-state index in [1.54, 1.807) is 6.92 Å². The molecule has 0 unspecified atom stereocenters. The predicted molar refractivity (Wildman–Crippen MR) is 75.3 cm³/mol. The average molecular weight is 297 g/mol. The maximum Gasteiger partial charge on any atom is 0.335 e. The van der Waals surface area contributed by atoms with E-state index in [0.29, 0.717) is 5.56 Å². The number of sulfonamides is 1. The van der Waals surface area contributed by atoms with Gasteiger partial charge in [-0.3, -0.25) is 0 Å². The Kier molecular flexibility index (Phi) is 3.88. The van der Waals surface area contributed by atoms with Gasteiger partial charge in [-0.1, -0.05) is 13.0 Å². The van der Waals surface area contributed by atoms with Crippen LogP contribution in [0.15, 0.2) is 23.1 Å². The molecule has 0 aromatic heterocycles. The smallest absolute Gasteiger partial charge is 0.335 e. The standard InChI is InChI=1S/C14H19NO4S/c1-3-14(7-4-8-14)15-20(18,19)11-6-5-10(2)12(9-11)13(16)17/h5-6,9,15H,3-4,7-8H2,1-2H3,(H,16,17). The summed E-state index contributed by atoms with van der Waals surface area (Å²) in [5, 5.41) is 9.08. The van der Waals surface area contributed by atoms with Gasteiger partial charge in [0.2, 0.25) is 10.0 Å². The van der Waals surface area contributed by atoms with Gasteiger partial charge >= 0.3 is 5.97 Å². The lowest BCUT2D eigenvalue weighted by Crippen LogP contribution is -2.52. The van der Waals surface area contributed by atoms with Crippen molar-refractivity contribution in [1.82, 2.24) is 4.72 Å². The number of carbonyl (C=O) groups is 1. The van der Waals surface area contributed by atoms with E-state index in [0.717, 1.165) is 25.7 Å². The van der Waals surface area contributed by atoms with Crippen molar-refractivity contribution < 1.29 is 18.3 Å². The molecule has 1 aliphatic rings. The molecule has 1 aliphatic carbocycles. The highest BCUT2D eigenvalue weighted by Crippen LogP contribution is 2.36. The molecule has 1 fully saturated rings. The van der Waals surface area contributed by atoms with Crippen molar-refractivity contribution in [2.45, 2.75) is 50.0 Å². The average Bonchev–Trinajstić information content (AvgIpc) is 2.34. The van der Waals surface area contributed by atoms with E-state index in [9.17, 15) is 13.2 Å². The Balaban J connectivity index is 2.35. The van der Waals surface area contributed by atoms with Gasteiger partial charge in [0, 0.05) is 5.54 Å². The highest BCUT2D eigenvalue weighted by atomic mass is 32.2. The summed E-state index contributed by atoms with van der Waals surface area (Å²) in [7, 11) is -3.68. The van der Waals surface area contributed by atoms with Gasteiger partial charge < -0.3 is 5.11 Å². The molecule has 1 saturated carbocycles. The second-order valence-corrected chi connectivity index (χ2v) is 7.06. The lowest BCUT2D eigenvalue weighted by Gasteiger charge is -2.41. The monoisotopic (exact) mass is 297 g/mol. The Hall–Kier alpha value is -1.40. The first-order valence-electron chi connectivity index (χ1n) is 6.68. The molecule has 0 heterocycles. The van der Waals surface area contributed by atoms with Gasteiger partial charge in [-0.25, -0.2) is 17.9 Å². The number of rotatable bonds is 5. The molecule has 110 valence electrons. The minimum Gasteiger partial charge on any atom is -0.478 e. The fourth-order valence-electron chi connectivity index (χ4n) is 2.47. The number of carboxylic acid groups (broad SMARTS) is 1. The normalized spacial score (nSPS) is 17.5. The van der Waals surface area contributed by atoms with E-state index >= 15 is 0 Å². The Morgan fingerprint density at radius 2 is 2.05 bits per heavy atom. The van der Waals surface area contributed by atoms with E-state index in [4.69, 9.17) is 5.11 Å². The van der Waals surface area contributed by atoms with E-state index in [2.05, 4.69) is 4.72 Å². The van der Waals surface area contributed by atoms with Crippen molar-refractivity contribution in [2.24, 2.45) is 0 Å². The number of nitrogens with one attached hydrogen (secondary N) is 1. The highest BCUT2D eigenvalue weighted by Gasteiger charge is 2.39. The van der Waals surface area contributed by atoms with Gasteiger partial charge in [0.25, 0.3) is 0 Å². The summed E-state index contributed by atoms with van der Waals surface area (Å²) in [6, 6.07) is 4.20. The Morgan fingerprint density at radius 1 is 1.40 bits per heavy atom. The Morgan fingerprint density at radius 3 is 2.50 bits per heavy atom. The number of carboxylic acids is 1. The quantitative estimate of drug-likeness (QED) is 0.873. The molecule has 0 bridgehead atoms. The van der Waals surface area contributed by atoms with Crippen LogP contribution in [-0.2, 0) is 10.0 Å². The summed E-state index contributed by atoms with van der Waals surface area (Å²) in [4.78, 5) is 11.1. The maximum absolute atomic E-state index is 12.4. The van der Waals surface area contributed by atoms with Gasteiger partial charge in [0.1, 0.15) is 0 Å². The van der Waals surface area contributed by atoms with Crippen LogP contribution in [0.4, 0.5) is 0 Å². The topological polar surface area (TPSA) is 83.5 Å². The van der Waals surface area contributed by atoms with Crippen LogP contribution in [0.2, 0.25) is 0 Å². The summed E-state index contributed by atoms with van der Waals surface area (Å²) in [6.45, 7) is 3.60. The van der Waals surface area contributed by atoms with Crippen LogP contribution in [0.1, 0.15) is 48.5 Å². The van der Waals surface area contributed by atoms with Crippen LogP contribution < -0.4 is 4.72 Å². The molecule has 1 aromatic rings. The van der Waals surface area contributed by atoms with Gasteiger partial charge in [0.05, 0.1) is 10.5 Å². The third-order valence-corrected chi connectivity index (χ3v) is 5.66. The molecular weight excluding hydrogens is 278 g/mol. The van der Waals surface area contributed by atoms with Crippen LogP contribution in [-0.4, -0.2) is 25.0 Å². The molecule has 1 aromatic carbocycles. The number of hydrogen-bond acceptors (Lipinski definition) is 3. The summed E-state index contributed by atoms with van der Waals surface area (Å²) in [5.74, 6) is -1.12. The summed E-state index contributed by atoms with van der Waals surface area (Å²) < 4.78 is 27.5. The molecule has 0 aliphatic heterocycles. The zero-order chi connectivity index (χ0) is 15.0. The highest BCUT2D eigenvalue weighted by molar-refractivity contribution is 7.89. The maximum atomic E-state index is 12.4. The first-order chi connectivity index (χ1) is 9.30. The summed E-state index contributed by atoms with van der Waals surface area (Å²) in [5.41, 5.74) is 0.213. The Bertz CT molecular complexity index is 627. The second-order valence-electron chi connectivity index (χ2n) is 5.37. The van der Waals surface area contributed by atoms with Gasteiger partial charge in [-0.2, -0.15) is 0 Å². The molecule has 0 amide bonds. The van der Waals surface area contributed by atoms with E-state index in [-0.39, 0.29) is 16.0 Å². The van der Waals surface area contributed by atoms with E-state index < -0.39 is 16.0 Å². The molecule has 0 atom stereocenters. The predicted octanol–water partition coefficient (Wildman–Crippen LogP) is 2.30. The largest absolute Gasteiger partial charge is 0.478 e. The Labute approximate surface area is 119 Å². The molecular formula is C14H19NO4S. The molecule has 0 radical (unpaired) electrons. The minimum atomic E-state index is -3.68. The first kappa shape index (κ1) is 15.0. The lowest BCUT2D eigenvalue weighted by atomic mass is 9.76. The zero-order valence-electron chi connectivity index (χ0n) is 11.6. The molecule has 0 spiro atoms. The van der Waals surface area contributed by atoms with E-state index in [1.165, 1.54) is 18.2 Å². The molecule has 2 rings (SSSR count). The van der Waals surface area contributed by atoms with Crippen LogP contribution in [0, 0.1) is 6.92 Å². The van der Waals surface area contributed by atoms with Crippen molar-refractivity contribution in [2.75, 3.05) is 0 Å². The van der Waals surface area contributed by atoms with Crippen LogP contribution in [0.5, 0.6) is 0 Å². The summed E-state index contributed by atoms with van der Waals surface area (Å²) >= 11 is 0. The molecule has 2 N–H and O–H groups in total. The third-order valence-electron chi connectivity index (χ3n) is 4.09. The fourth-order valence-corrected chi connectivity index (χ4v) is 4.03. The molecule has 20 heavy (non-hydrogen) atoms. The van der Waals surface area contributed by atoms with Gasteiger partial charge in [-0.15, -0.1) is 0 Å². The van der Waals surface area contributed by atoms with Crippen LogP contribution in [0.3, 0.4) is 0 Å². The molecule has 0 saturated heterocycles. The third kappa shape index (κ3) is 2.71. The van der Waals surface area contributed by atoms with Crippen molar-refractivity contribution >= 4 is 16.0 Å². The molecule has 6 heteroatoms. The minimum absolute atomic E-state index is 0.0141. The number of hydrogen-bond donors (Lipinski definition) is 2. The lowest BCUT2D eigenvalue weighted by molar-refractivity contribution is 0.0696. The fraction of sp³-hybridized carbons (Fsp3) is 0.500. The van der Waals surface area contributed by atoms with Gasteiger partial charge in [-0.05, 0) is 50.3 Å². The SMILES string of the molecule is CCC1(NS(=O)(=O)c2ccc(C)c(C(=O)O)c2)CCC1. The zero-order valence-corrected chi connectivity index (χ0v) is 12.5. The first-order valence-corrected chi connectivity index (χ1v) is 8.16. The van der Waals surface area contributed by atoms with Gasteiger partial charge in [0.15, 0.2) is 0 Å². The molecule has 5 nitrogen and oxygen atoms in total. The van der Waals surface area contributed by atoms with Crippen molar-refractivity contribution in [3.8, 4) is 0 Å². The van der Waals surface area contributed by atoms with Crippen molar-refractivity contribution in [3.63, 3.8) is 0 Å². The summed E-state index contributed by atoms with van der Waals surface area (Å²) in [6.07, 6.45) is 3.43. The number of aryl methyl sites for hydroxylation is 1. The second kappa shape index (κ2) is 5.18. The number of benzene rings is 1. The van der Waals surface area contributed by atoms with Crippen molar-refractivity contribution in [1.29, 1.82) is 0 Å². The van der Waals surface area contributed by atoms with Crippen LogP contribution in [0.25, 0.3) is 0 Å². The van der Waals surface area contributed by atoms with Crippen molar-refractivity contribution in [3.05, 3.63) is 29.3 Å². The van der Waals surface area contributed by atoms with Crippen LogP contribution >= 0.6 is 0 Å². The van der Waals surface area contributed by atoms with E-state index in [1.807, 2.05) is 6.92 Å². The number of aromatic carboxylic acids is 1.